The number of nitrogens with zero attached hydrogens (tertiary/aromatic N) is 1. The van der Waals surface area contributed by atoms with Crippen LogP contribution < -0.4 is 4.90 Å². The molecule has 0 radical (unpaired) electrons. The molecule has 0 unspecified atom stereocenters. The Bertz CT molecular complexity index is 588. The van der Waals surface area contributed by atoms with Crippen LogP contribution in [0.1, 0.15) is 110 Å². The molecule has 0 saturated carbocycles. The molecule has 0 aliphatic rings. The van der Waals surface area contributed by atoms with Crippen molar-refractivity contribution in [3.8, 4) is 0 Å². The maximum Gasteiger partial charge on any atom is 0.0410 e. The molecule has 0 spiro atoms. The van der Waals surface area contributed by atoms with Crippen molar-refractivity contribution in [1.82, 2.24) is 0 Å². The van der Waals surface area contributed by atoms with Gasteiger partial charge in [-0.25, -0.2) is 0 Å². The minimum atomic E-state index is 0. The number of halogens is 1. The van der Waals surface area contributed by atoms with Gasteiger partial charge >= 0.3 is 0 Å². The molecule has 2 heteroatoms. The van der Waals surface area contributed by atoms with E-state index in [0.717, 1.165) is 6.54 Å². The van der Waals surface area contributed by atoms with E-state index in [-0.39, 0.29) is 12.4 Å². The van der Waals surface area contributed by atoms with Crippen molar-refractivity contribution in [2.24, 2.45) is 0 Å². The van der Waals surface area contributed by atoms with Crippen molar-refractivity contribution in [2.45, 2.75) is 110 Å². The fourth-order valence-corrected chi connectivity index (χ4v) is 4.44. The molecule has 0 aliphatic carbocycles. The molecule has 0 amide bonds. The van der Waals surface area contributed by atoms with Gasteiger partial charge in [-0.15, -0.1) is 12.4 Å². The fourth-order valence-electron chi connectivity index (χ4n) is 4.44. The number of benzene rings is 2. The minimum absolute atomic E-state index is 0. The zero-order valence-corrected chi connectivity index (χ0v) is 21.5. The summed E-state index contributed by atoms with van der Waals surface area (Å²) in [6.45, 7) is 3.40. The van der Waals surface area contributed by atoms with E-state index in [4.69, 9.17) is 0 Å². The monoisotopic (exact) mass is 457 g/mol. The third kappa shape index (κ3) is 13.2. The molecule has 180 valence electrons. The number of anilines is 2. The van der Waals surface area contributed by atoms with Gasteiger partial charge in [0.2, 0.25) is 0 Å². The van der Waals surface area contributed by atoms with Gasteiger partial charge in [-0.2, -0.15) is 0 Å². The number of rotatable bonds is 19. The van der Waals surface area contributed by atoms with E-state index in [1.807, 2.05) is 0 Å². The summed E-state index contributed by atoms with van der Waals surface area (Å²) in [7, 11) is 0. The van der Waals surface area contributed by atoms with Crippen molar-refractivity contribution in [3.63, 3.8) is 0 Å². The quantitative estimate of drug-likeness (QED) is 0.189. The molecule has 0 atom stereocenters. The highest BCUT2D eigenvalue weighted by Crippen LogP contribution is 2.25. The van der Waals surface area contributed by atoms with E-state index in [0.29, 0.717) is 0 Å². The van der Waals surface area contributed by atoms with Crippen LogP contribution in [0.5, 0.6) is 0 Å². The summed E-state index contributed by atoms with van der Waals surface area (Å²) in [6, 6.07) is 21.6. The Kier molecular flexibility index (Phi) is 18.0. The Hall–Kier alpha value is -1.47. The van der Waals surface area contributed by atoms with Gasteiger partial charge in [-0.05, 0) is 30.7 Å². The summed E-state index contributed by atoms with van der Waals surface area (Å²) in [4.78, 5) is 2.46. The van der Waals surface area contributed by atoms with Crippen molar-refractivity contribution < 1.29 is 0 Å². The molecule has 2 aromatic carbocycles. The number of hydrogen-bond acceptors (Lipinski definition) is 1. The second-order valence-electron chi connectivity index (χ2n) is 9.13. The molecular weight excluding hydrogens is 410 g/mol. The van der Waals surface area contributed by atoms with Gasteiger partial charge in [0.15, 0.2) is 0 Å². The van der Waals surface area contributed by atoms with Gasteiger partial charge in [-0.3, -0.25) is 0 Å². The highest BCUT2D eigenvalue weighted by Gasteiger charge is 2.08. The van der Waals surface area contributed by atoms with E-state index in [1.54, 1.807) is 0 Å². The van der Waals surface area contributed by atoms with E-state index in [2.05, 4.69) is 72.5 Å². The summed E-state index contributed by atoms with van der Waals surface area (Å²) in [6.07, 6.45) is 22.7. The zero-order chi connectivity index (χ0) is 21.8. The molecular formula is C30H48ClN. The summed E-state index contributed by atoms with van der Waals surface area (Å²) in [5.74, 6) is 0. The van der Waals surface area contributed by atoms with Gasteiger partial charge in [0.05, 0.1) is 0 Å². The fraction of sp³-hybridized carbons (Fsp3) is 0.600. The molecule has 2 rings (SSSR count). The largest absolute Gasteiger partial charge is 0.341 e. The zero-order valence-electron chi connectivity index (χ0n) is 20.6. The van der Waals surface area contributed by atoms with Gasteiger partial charge in [0.25, 0.3) is 0 Å². The molecule has 0 fully saturated rings. The molecule has 0 saturated heterocycles. The van der Waals surface area contributed by atoms with Gasteiger partial charge in [-0.1, -0.05) is 140 Å². The van der Waals surface area contributed by atoms with Crippen molar-refractivity contribution >= 4 is 23.8 Å². The molecule has 0 N–H and O–H groups in total. The lowest BCUT2D eigenvalue weighted by atomic mass is 10.0. The normalized spacial score (nSPS) is 10.7. The first-order valence-corrected chi connectivity index (χ1v) is 13.3. The van der Waals surface area contributed by atoms with Crippen LogP contribution >= 0.6 is 12.4 Å². The van der Waals surface area contributed by atoms with Crippen molar-refractivity contribution in [3.05, 3.63) is 60.7 Å². The van der Waals surface area contributed by atoms with Crippen LogP contribution in [-0.2, 0) is 0 Å². The van der Waals surface area contributed by atoms with Crippen LogP contribution in [0.4, 0.5) is 11.4 Å². The first kappa shape index (κ1) is 28.6. The van der Waals surface area contributed by atoms with Crippen LogP contribution in [0, 0.1) is 0 Å². The Morgan fingerprint density at radius 1 is 0.438 bits per heavy atom. The number of unbranched alkanes of at least 4 members (excludes halogenated alkanes) is 15. The second kappa shape index (κ2) is 20.2. The lowest BCUT2D eigenvalue weighted by Gasteiger charge is -2.25. The average molecular weight is 458 g/mol. The van der Waals surface area contributed by atoms with Crippen LogP contribution in [0.15, 0.2) is 60.7 Å². The summed E-state index contributed by atoms with van der Waals surface area (Å²) >= 11 is 0. The number of para-hydroxylation sites is 2. The molecule has 1 nitrogen and oxygen atoms in total. The van der Waals surface area contributed by atoms with Crippen molar-refractivity contribution in [2.75, 3.05) is 11.4 Å². The molecule has 2 aromatic rings. The van der Waals surface area contributed by atoms with Crippen molar-refractivity contribution in [1.29, 1.82) is 0 Å². The SMILES string of the molecule is CCCCCCCCCCCCCCCCCCN(c1ccccc1)c1ccccc1.Cl. The highest BCUT2D eigenvalue weighted by atomic mass is 35.5. The molecule has 0 bridgehead atoms. The third-order valence-corrected chi connectivity index (χ3v) is 6.37. The van der Waals surface area contributed by atoms with E-state index in [1.165, 1.54) is 114 Å². The highest BCUT2D eigenvalue weighted by molar-refractivity contribution is 5.85. The Morgan fingerprint density at radius 3 is 1.09 bits per heavy atom. The average Bonchev–Trinajstić information content (AvgIpc) is 2.82. The predicted octanol–water partition coefficient (Wildman–Crippen LogP) is 10.5. The maximum absolute atomic E-state index is 2.46. The Labute approximate surface area is 205 Å². The standard InChI is InChI=1S/C30H47N.ClH/c1-2-3-4-5-6-7-8-9-10-11-12-13-14-15-16-23-28-31(29-24-19-17-20-25-29)30-26-21-18-22-27-30;/h17-22,24-27H,2-16,23,28H2,1H3;1H. The Balaban J connectivity index is 0.00000512. The summed E-state index contributed by atoms with van der Waals surface area (Å²) < 4.78 is 0. The van der Waals surface area contributed by atoms with E-state index < -0.39 is 0 Å². The topological polar surface area (TPSA) is 3.24 Å². The van der Waals surface area contributed by atoms with Gasteiger partial charge < -0.3 is 4.90 Å². The molecule has 0 aliphatic heterocycles. The predicted molar refractivity (Wildman–Crippen MR) is 147 cm³/mol. The smallest absolute Gasteiger partial charge is 0.0410 e. The van der Waals surface area contributed by atoms with Crippen LogP contribution in [0.3, 0.4) is 0 Å². The third-order valence-electron chi connectivity index (χ3n) is 6.37. The van der Waals surface area contributed by atoms with Crippen LogP contribution in [0.2, 0.25) is 0 Å². The molecule has 32 heavy (non-hydrogen) atoms. The molecule has 0 aromatic heterocycles. The van der Waals surface area contributed by atoms with Gasteiger partial charge in [0, 0.05) is 17.9 Å². The van der Waals surface area contributed by atoms with E-state index >= 15 is 0 Å². The minimum Gasteiger partial charge on any atom is -0.341 e. The van der Waals surface area contributed by atoms with Crippen LogP contribution in [-0.4, -0.2) is 6.54 Å². The lowest BCUT2D eigenvalue weighted by Crippen LogP contribution is -2.18. The maximum atomic E-state index is 2.46. The first-order valence-electron chi connectivity index (χ1n) is 13.3. The number of hydrogen-bond donors (Lipinski definition) is 0. The molecule has 0 heterocycles. The lowest BCUT2D eigenvalue weighted by molar-refractivity contribution is 0.530. The summed E-state index contributed by atoms with van der Waals surface area (Å²) in [5.41, 5.74) is 2.60. The Morgan fingerprint density at radius 2 is 0.750 bits per heavy atom. The van der Waals surface area contributed by atoms with Crippen LogP contribution in [0.25, 0.3) is 0 Å². The van der Waals surface area contributed by atoms with E-state index in [9.17, 15) is 0 Å². The van der Waals surface area contributed by atoms with Gasteiger partial charge in [0.1, 0.15) is 0 Å². The first-order chi connectivity index (χ1) is 15.4. The second-order valence-corrected chi connectivity index (χ2v) is 9.13. The summed E-state index contributed by atoms with van der Waals surface area (Å²) in [5, 5.41) is 0.